The molecule has 0 aliphatic rings. The second kappa shape index (κ2) is 6.60. The van der Waals surface area contributed by atoms with E-state index in [4.69, 9.17) is 9.84 Å². The summed E-state index contributed by atoms with van der Waals surface area (Å²) in [4.78, 5) is 31.1. The second-order valence-corrected chi connectivity index (χ2v) is 4.30. The molecule has 1 heterocycles. The lowest BCUT2D eigenvalue weighted by Gasteiger charge is -2.14. The van der Waals surface area contributed by atoms with Crippen LogP contribution in [0.2, 0.25) is 0 Å². The fourth-order valence-corrected chi connectivity index (χ4v) is 1.77. The monoisotopic (exact) mass is 286 g/mol. The molecule has 0 saturated heterocycles. The quantitative estimate of drug-likeness (QED) is 0.849. The van der Waals surface area contributed by atoms with Gasteiger partial charge in [0.1, 0.15) is 0 Å². The number of benzene rings is 1. The number of ether oxygens (including phenoxy) is 1. The standard InChI is InChI=1S/C15H14N2O4/c1-2-12(13-16-7-4-8-17-13)21-15(20)11-6-3-5-10(9-11)14(18)19/h3-9,12H,2H2,1H3,(H,18,19). The zero-order valence-electron chi connectivity index (χ0n) is 11.4. The summed E-state index contributed by atoms with van der Waals surface area (Å²) in [6.07, 6.45) is 3.11. The van der Waals surface area contributed by atoms with Crippen LogP contribution in [0.25, 0.3) is 0 Å². The number of carbonyl (C=O) groups excluding carboxylic acids is 1. The summed E-state index contributed by atoms with van der Waals surface area (Å²) >= 11 is 0. The largest absolute Gasteiger partial charge is 0.478 e. The minimum absolute atomic E-state index is 0.0356. The lowest BCUT2D eigenvalue weighted by Crippen LogP contribution is -2.14. The second-order valence-electron chi connectivity index (χ2n) is 4.30. The maximum Gasteiger partial charge on any atom is 0.338 e. The number of hydrogen-bond donors (Lipinski definition) is 1. The Labute approximate surface area is 121 Å². The minimum atomic E-state index is -1.09. The van der Waals surface area contributed by atoms with E-state index in [2.05, 4.69) is 9.97 Å². The van der Waals surface area contributed by atoms with Crippen LogP contribution >= 0.6 is 0 Å². The lowest BCUT2D eigenvalue weighted by molar-refractivity contribution is 0.0267. The molecule has 0 fully saturated rings. The van der Waals surface area contributed by atoms with Crippen LogP contribution in [0.1, 0.15) is 46.0 Å². The molecule has 1 atom stereocenters. The molecule has 108 valence electrons. The highest BCUT2D eigenvalue weighted by Gasteiger charge is 2.19. The third-order valence-electron chi connectivity index (χ3n) is 2.84. The van der Waals surface area contributed by atoms with E-state index in [1.165, 1.54) is 24.3 Å². The number of carbonyl (C=O) groups is 2. The molecule has 1 aromatic carbocycles. The molecular formula is C15H14N2O4. The molecule has 0 bridgehead atoms. The van der Waals surface area contributed by atoms with Gasteiger partial charge in [-0.25, -0.2) is 19.6 Å². The van der Waals surface area contributed by atoms with Crippen molar-refractivity contribution >= 4 is 11.9 Å². The van der Waals surface area contributed by atoms with E-state index < -0.39 is 18.0 Å². The third-order valence-corrected chi connectivity index (χ3v) is 2.84. The molecular weight excluding hydrogens is 272 g/mol. The van der Waals surface area contributed by atoms with E-state index in [0.717, 1.165) is 0 Å². The van der Waals surface area contributed by atoms with Gasteiger partial charge in [0.25, 0.3) is 0 Å². The molecule has 0 spiro atoms. The van der Waals surface area contributed by atoms with Gasteiger partial charge >= 0.3 is 11.9 Å². The van der Waals surface area contributed by atoms with Crippen LogP contribution in [0.5, 0.6) is 0 Å². The van der Waals surface area contributed by atoms with Crippen molar-refractivity contribution in [1.82, 2.24) is 9.97 Å². The number of carboxylic acid groups (broad SMARTS) is 1. The van der Waals surface area contributed by atoms with E-state index in [1.54, 1.807) is 18.5 Å². The maximum absolute atomic E-state index is 12.1. The van der Waals surface area contributed by atoms with Crippen LogP contribution < -0.4 is 0 Å². The van der Waals surface area contributed by atoms with Crippen LogP contribution in [0.15, 0.2) is 42.7 Å². The summed E-state index contributed by atoms with van der Waals surface area (Å²) in [5, 5.41) is 8.92. The van der Waals surface area contributed by atoms with Crippen molar-refractivity contribution in [3.05, 3.63) is 59.7 Å². The Morgan fingerprint density at radius 2 is 1.86 bits per heavy atom. The first-order valence-electron chi connectivity index (χ1n) is 6.43. The molecule has 1 unspecified atom stereocenters. The normalized spacial score (nSPS) is 11.7. The fourth-order valence-electron chi connectivity index (χ4n) is 1.77. The zero-order valence-corrected chi connectivity index (χ0v) is 11.4. The number of aromatic nitrogens is 2. The zero-order chi connectivity index (χ0) is 15.2. The highest BCUT2D eigenvalue weighted by molar-refractivity contribution is 5.94. The topological polar surface area (TPSA) is 89.4 Å². The van der Waals surface area contributed by atoms with Gasteiger partial charge in [-0.3, -0.25) is 0 Å². The Morgan fingerprint density at radius 3 is 2.48 bits per heavy atom. The SMILES string of the molecule is CCC(OC(=O)c1cccc(C(=O)O)c1)c1ncccn1. The Bertz CT molecular complexity index is 643. The predicted molar refractivity (Wildman–Crippen MR) is 73.9 cm³/mol. The van der Waals surface area contributed by atoms with Crippen molar-refractivity contribution in [3.63, 3.8) is 0 Å². The van der Waals surface area contributed by atoms with Gasteiger partial charge in [-0.2, -0.15) is 0 Å². The molecule has 6 heteroatoms. The number of rotatable bonds is 5. The molecule has 0 aliphatic heterocycles. The van der Waals surface area contributed by atoms with Gasteiger partial charge in [0.05, 0.1) is 11.1 Å². The number of nitrogens with zero attached hydrogens (tertiary/aromatic N) is 2. The van der Waals surface area contributed by atoms with Crippen molar-refractivity contribution in [1.29, 1.82) is 0 Å². The van der Waals surface area contributed by atoms with Crippen LogP contribution in [-0.2, 0) is 4.74 Å². The Hall–Kier alpha value is -2.76. The van der Waals surface area contributed by atoms with Gasteiger partial charge in [0.15, 0.2) is 11.9 Å². The molecule has 0 saturated carbocycles. The van der Waals surface area contributed by atoms with E-state index in [0.29, 0.717) is 12.2 Å². The van der Waals surface area contributed by atoms with Gasteiger partial charge in [-0.05, 0) is 30.7 Å². The summed E-state index contributed by atoms with van der Waals surface area (Å²) < 4.78 is 5.35. The molecule has 2 aromatic rings. The van der Waals surface area contributed by atoms with Crippen molar-refractivity contribution in [3.8, 4) is 0 Å². The molecule has 0 radical (unpaired) electrons. The van der Waals surface area contributed by atoms with Gasteiger partial charge in [0.2, 0.25) is 0 Å². The first-order valence-corrected chi connectivity index (χ1v) is 6.43. The third kappa shape index (κ3) is 3.62. The molecule has 0 aliphatic carbocycles. The minimum Gasteiger partial charge on any atom is -0.478 e. The molecule has 1 aromatic heterocycles. The Morgan fingerprint density at radius 1 is 1.19 bits per heavy atom. The Balaban J connectivity index is 2.17. The summed E-state index contributed by atoms with van der Waals surface area (Å²) in [6, 6.07) is 7.38. The van der Waals surface area contributed by atoms with E-state index >= 15 is 0 Å². The number of carboxylic acids is 1. The predicted octanol–water partition coefficient (Wildman–Crippen LogP) is 2.48. The fraction of sp³-hybridized carbons (Fsp3) is 0.200. The van der Waals surface area contributed by atoms with Crippen molar-refractivity contribution in [2.75, 3.05) is 0 Å². The van der Waals surface area contributed by atoms with Crippen molar-refractivity contribution in [2.24, 2.45) is 0 Å². The molecule has 1 N–H and O–H groups in total. The number of esters is 1. The highest BCUT2D eigenvalue weighted by atomic mass is 16.5. The highest BCUT2D eigenvalue weighted by Crippen LogP contribution is 2.19. The number of hydrogen-bond acceptors (Lipinski definition) is 5. The molecule has 0 amide bonds. The average molecular weight is 286 g/mol. The molecule has 21 heavy (non-hydrogen) atoms. The summed E-state index contributed by atoms with van der Waals surface area (Å²) in [5.74, 6) is -1.27. The summed E-state index contributed by atoms with van der Waals surface area (Å²) in [5.41, 5.74) is 0.220. The van der Waals surface area contributed by atoms with E-state index in [-0.39, 0.29) is 11.1 Å². The first-order chi connectivity index (χ1) is 10.1. The van der Waals surface area contributed by atoms with Crippen LogP contribution in [0.4, 0.5) is 0 Å². The van der Waals surface area contributed by atoms with Gasteiger partial charge in [-0.1, -0.05) is 13.0 Å². The van der Waals surface area contributed by atoms with E-state index in [1.807, 2.05) is 6.92 Å². The molecule has 2 rings (SSSR count). The maximum atomic E-state index is 12.1. The number of aromatic carboxylic acids is 1. The first kappa shape index (κ1) is 14.6. The molecule has 6 nitrogen and oxygen atoms in total. The smallest absolute Gasteiger partial charge is 0.338 e. The lowest BCUT2D eigenvalue weighted by atomic mass is 10.1. The van der Waals surface area contributed by atoms with Crippen LogP contribution in [-0.4, -0.2) is 27.0 Å². The van der Waals surface area contributed by atoms with Gasteiger partial charge in [-0.15, -0.1) is 0 Å². The summed E-state index contributed by atoms with van der Waals surface area (Å²) in [6.45, 7) is 1.85. The van der Waals surface area contributed by atoms with Crippen molar-refractivity contribution in [2.45, 2.75) is 19.4 Å². The van der Waals surface area contributed by atoms with E-state index in [9.17, 15) is 9.59 Å². The van der Waals surface area contributed by atoms with Crippen molar-refractivity contribution < 1.29 is 19.4 Å². The van der Waals surface area contributed by atoms with Gasteiger partial charge < -0.3 is 9.84 Å². The van der Waals surface area contributed by atoms with Gasteiger partial charge in [0, 0.05) is 12.4 Å². The summed E-state index contributed by atoms with van der Waals surface area (Å²) in [7, 11) is 0. The van der Waals surface area contributed by atoms with Crippen LogP contribution in [0, 0.1) is 0 Å². The van der Waals surface area contributed by atoms with Crippen LogP contribution in [0.3, 0.4) is 0 Å². The average Bonchev–Trinajstić information content (AvgIpc) is 2.53. The Kier molecular flexibility index (Phi) is 4.61.